The van der Waals surface area contributed by atoms with Crippen molar-refractivity contribution in [2.24, 2.45) is 7.05 Å². The van der Waals surface area contributed by atoms with E-state index >= 15 is 0 Å². The van der Waals surface area contributed by atoms with E-state index in [9.17, 15) is 23.1 Å². The summed E-state index contributed by atoms with van der Waals surface area (Å²) in [5, 5.41) is 9.23. The Hall–Kier alpha value is -2.61. The van der Waals surface area contributed by atoms with Gasteiger partial charge in [-0.2, -0.15) is 0 Å². The van der Waals surface area contributed by atoms with Gasteiger partial charge in [0.1, 0.15) is 5.69 Å². The highest BCUT2D eigenvalue weighted by molar-refractivity contribution is 7.92. The predicted octanol–water partition coefficient (Wildman–Crippen LogP) is 1.81. The molecule has 2 N–H and O–H groups in total. The maximum absolute atomic E-state index is 12.6. The number of carboxylic acids is 1. The summed E-state index contributed by atoms with van der Waals surface area (Å²) in [6.45, 7) is 4.86. The van der Waals surface area contributed by atoms with E-state index in [1.165, 1.54) is 23.9 Å². The van der Waals surface area contributed by atoms with Crippen molar-refractivity contribution in [3.8, 4) is 0 Å². The first-order valence-corrected chi connectivity index (χ1v) is 8.56. The van der Waals surface area contributed by atoms with Gasteiger partial charge in [0.05, 0.1) is 10.5 Å². The second-order valence-corrected chi connectivity index (χ2v) is 7.30. The third-order valence-corrected chi connectivity index (χ3v) is 5.22. The molecule has 24 heavy (non-hydrogen) atoms. The maximum Gasteiger partial charge on any atom is 0.336 e. The molecule has 1 aromatic heterocycles. The molecule has 2 aromatic rings. The van der Waals surface area contributed by atoms with Crippen LogP contribution in [0.5, 0.6) is 0 Å². The van der Waals surface area contributed by atoms with Crippen LogP contribution in [-0.2, 0) is 17.1 Å². The lowest BCUT2D eigenvalue weighted by molar-refractivity contribution is 0.0695. The number of nitrogens with zero attached hydrogens (tertiary/aromatic N) is 1. The number of anilines is 1. The van der Waals surface area contributed by atoms with Crippen molar-refractivity contribution in [2.45, 2.75) is 25.7 Å². The van der Waals surface area contributed by atoms with Crippen LogP contribution in [0.25, 0.3) is 0 Å². The van der Waals surface area contributed by atoms with Gasteiger partial charge in [-0.3, -0.25) is 9.52 Å². The van der Waals surface area contributed by atoms with Crippen molar-refractivity contribution < 1.29 is 18.3 Å². The van der Waals surface area contributed by atoms with E-state index < -0.39 is 21.6 Å². The molecule has 8 heteroatoms. The van der Waals surface area contributed by atoms with Crippen LogP contribution in [0.1, 0.15) is 27.0 Å². The predicted molar refractivity (Wildman–Crippen MR) is 90.1 cm³/mol. The molecule has 0 unspecified atom stereocenters. The molecule has 0 fully saturated rings. The van der Waals surface area contributed by atoms with Gasteiger partial charge in [-0.15, -0.1) is 0 Å². The first kappa shape index (κ1) is 17.7. The topological polar surface area (TPSA) is 105 Å². The molecule has 128 valence electrons. The Morgan fingerprint density at radius 3 is 2.38 bits per heavy atom. The first-order valence-electron chi connectivity index (χ1n) is 7.08. The lowest BCUT2D eigenvalue weighted by Crippen LogP contribution is -2.25. The lowest BCUT2D eigenvalue weighted by atomic mass is 10.0. The summed E-state index contributed by atoms with van der Waals surface area (Å²) in [7, 11) is -2.59. The fraction of sp³-hybridized carbons (Fsp3) is 0.250. The lowest BCUT2D eigenvalue weighted by Gasteiger charge is -2.13. The summed E-state index contributed by atoms with van der Waals surface area (Å²) in [6, 6.07) is 4.09. The highest BCUT2D eigenvalue weighted by Crippen LogP contribution is 2.22. The molecule has 0 spiro atoms. The Morgan fingerprint density at radius 2 is 1.79 bits per heavy atom. The van der Waals surface area contributed by atoms with Crippen molar-refractivity contribution in [3.63, 3.8) is 0 Å². The zero-order valence-electron chi connectivity index (χ0n) is 13.7. The Kier molecular flexibility index (Phi) is 4.52. The van der Waals surface area contributed by atoms with Crippen molar-refractivity contribution in [1.82, 2.24) is 4.57 Å². The molecule has 0 aliphatic carbocycles. The summed E-state index contributed by atoms with van der Waals surface area (Å²) in [4.78, 5) is 23.2. The molecule has 0 aliphatic rings. The molecule has 0 saturated carbocycles. The Balaban J connectivity index is 2.59. The minimum atomic E-state index is -4.10. The second kappa shape index (κ2) is 6.12. The number of carbonyl (C=O) groups is 1. The number of pyridine rings is 1. The van der Waals surface area contributed by atoms with Crippen molar-refractivity contribution in [3.05, 3.63) is 57.0 Å². The largest absolute Gasteiger partial charge is 0.478 e. The Bertz CT molecular complexity index is 990. The fourth-order valence-electron chi connectivity index (χ4n) is 2.24. The fourth-order valence-corrected chi connectivity index (χ4v) is 3.48. The summed E-state index contributed by atoms with van der Waals surface area (Å²) >= 11 is 0. The number of rotatable bonds is 4. The van der Waals surface area contributed by atoms with Gasteiger partial charge in [0, 0.05) is 13.2 Å². The summed E-state index contributed by atoms with van der Waals surface area (Å²) in [5.41, 5.74) is 0.870. The highest BCUT2D eigenvalue weighted by atomic mass is 32.2. The van der Waals surface area contributed by atoms with E-state index in [0.29, 0.717) is 16.7 Å². The molecule has 0 atom stereocenters. The van der Waals surface area contributed by atoms with Gasteiger partial charge in [0.25, 0.3) is 15.6 Å². The number of hydrogen-bond donors (Lipinski definition) is 2. The molecule has 7 nitrogen and oxygen atoms in total. The van der Waals surface area contributed by atoms with Crippen molar-refractivity contribution >= 4 is 21.7 Å². The van der Waals surface area contributed by atoms with Gasteiger partial charge in [0.2, 0.25) is 0 Å². The monoisotopic (exact) mass is 350 g/mol. The van der Waals surface area contributed by atoms with Crippen LogP contribution in [-0.4, -0.2) is 24.1 Å². The molecule has 1 heterocycles. The molecule has 0 aliphatic heterocycles. The highest BCUT2D eigenvalue weighted by Gasteiger charge is 2.21. The quantitative estimate of drug-likeness (QED) is 0.875. The number of aryl methyl sites for hydroxylation is 3. The van der Waals surface area contributed by atoms with Crippen LogP contribution in [0.3, 0.4) is 0 Å². The average molecular weight is 350 g/mol. The number of aromatic carboxylic acids is 1. The van der Waals surface area contributed by atoms with Crippen molar-refractivity contribution in [1.29, 1.82) is 0 Å². The number of carboxylic acid groups (broad SMARTS) is 1. The van der Waals surface area contributed by atoms with Crippen LogP contribution in [0.15, 0.2) is 34.1 Å². The maximum atomic E-state index is 12.6. The number of nitrogens with one attached hydrogen (secondary N) is 1. The number of hydrogen-bond acceptors (Lipinski definition) is 4. The smallest absolute Gasteiger partial charge is 0.336 e. The van der Waals surface area contributed by atoms with Crippen LogP contribution >= 0.6 is 0 Å². The molecule has 1 aromatic carbocycles. The molecular weight excluding hydrogens is 332 g/mol. The van der Waals surface area contributed by atoms with Crippen LogP contribution in [0.4, 0.5) is 5.69 Å². The number of aromatic nitrogens is 1. The summed E-state index contributed by atoms with van der Waals surface area (Å²) in [6.07, 6.45) is 1.54. The van der Waals surface area contributed by atoms with E-state index in [-0.39, 0.29) is 16.1 Å². The zero-order valence-corrected chi connectivity index (χ0v) is 14.6. The van der Waals surface area contributed by atoms with E-state index in [1.54, 1.807) is 26.8 Å². The van der Waals surface area contributed by atoms with Crippen LogP contribution in [0, 0.1) is 20.8 Å². The van der Waals surface area contributed by atoms with E-state index in [4.69, 9.17) is 0 Å². The van der Waals surface area contributed by atoms with Gasteiger partial charge in [-0.05, 0) is 55.7 Å². The third-order valence-electron chi connectivity index (χ3n) is 3.89. The van der Waals surface area contributed by atoms with E-state index in [0.717, 1.165) is 6.07 Å². The normalized spacial score (nSPS) is 11.3. The number of benzene rings is 1. The van der Waals surface area contributed by atoms with Gasteiger partial charge in [0.15, 0.2) is 0 Å². The zero-order chi connectivity index (χ0) is 18.2. The minimum Gasteiger partial charge on any atom is -0.478 e. The average Bonchev–Trinajstić information content (AvgIpc) is 2.49. The van der Waals surface area contributed by atoms with Gasteiger partial charge >= 0.3 is 5.97 Å². The molecule has 0 radical (unpaired) electrons. The van der Waals surface area contributed by atoms with E-state index in [2.05, 4.69) is 4.72 Å². The summed E-state index contributed by atoms with van der Waals surface area (Å²) < 4.78 is 28.7. The number of sulfonamides is 1. The standard InChI is InChI=1S/C16H18N2O5S/c1-9-5-6-18(4)15(19)14(9)17-24(22,23)12-7-10(2)11(3)13(8-12)16(20)21/h5-8,17H,1-4H3,(H,20,21). The molecule has 2 rings (SSSR count). The molecule has 0 bridgehead atoms. The Labute approximate surface area is 139 Å². The minimum absolute atomic E-state index is 0.0601. The van der Waals surface area contributed by atoms with Gasteiger partial charge in [-0.1, -0.05) is 0 Å². The Morgan fingerprint density at radius 1 is 1.17 bits per heavy atom. The van der Waals surface area contributed by atoms with Crippen molar-refractivity contribution in [2.75, 3.05) is 4.72 Å². The first-order chi connectivity index (χ1) is 11.0. The molecular formula is C16H18N2O5S. The van der Waals surface area contributed by atoms with Crippen LogP contribution in [0.2, 0.25) is 0 Å². The summed E-state index contributed by atoms with van der Waals surface area (Å²) in [5.74, 6) is -1.21. The van der Waals surface area contributed by atoms with Crippen LogP contribution < -0.4 is 10.3 Å². The molecule has 0 amide bonds. The molecule has 0 saturated heterocycles. The van der Waals surface area contributed by atoms with Gasteiger partial charge in [-0.25, -0.2) is 13.2 Å². The third kappa shape index (κ3) is 3.18. The SMILES string of the molecule is Cc1cc(S(=O)(=O)Nc2c(C)ccn(C)c2=O)cc(C(=O)O)c1C. The van der Waals surface area contributed by atoms with E-state index in [1.807, 2.05) is 0 Å². The van der Waals surface area contributed by atoms with Gasteiger partial charge < -0.3 is 9.67 Å². The second-order valence-electron chi connectivity index (χ2n) is 5.61.